The van der Waals surface area contributed by atoms with Gasteiger partial charge in [-0.2, -0.15) is 4.98 Å². The second-order valence-corrected chi connectivity index (χ2v) is 12.9. The van der Waals surface area contributed by atoms with Gasteiger partial charge in [0.05, 0.1) is 22.1 Å². The van der Waals surface area contributed by atoms with Crippen molar-refractivity contribution in [1.82, 2.24) is 14.5 Å². The molecule has 12 rings (SSSR count). The second kappa shape index (κ2) is 9.00. The molecule has 0 amide bonds. The van der Waals surface area contributed by atoms with E-state index in [1.54, 1.807) is 0 Å². The largest absolute Gasteiger partial charge is 0.456 e. The average molecular weight is 626 g/mol. The van der Waals surface area contributed by atoms with Crippen LogP contribution in [0.15, 0.2) is 148 Å². The number of hydrogen-bond acceptors (Lipinski definition) is 4. The lowest BCUT2D eigenvalue weighted by atomic mass is 9.95. The van der Waals surface area contributed by atoms with Crippen molar-refractivity contribution in [3.8, 4) is 39.5 Å². The summed E-state index contributed by atoms with van der Waals surface area (Å²) in [6.07, 6.45) is 0. The first-order chi connectivity index (χ1) is 24.3. The van der Waals surface area contributed by atoms with Gasteiger partial charge in [-0.25, -0.2) is 4.98 Å². The molecule has 7 aromatic carbocycles. The maximum Gasteiger partial charge on any atom is 0.238 e. The number of hydrogen-bond donors (Lipinski definition) is 0. The highest BCUT2D eigenvalue weighted by atomic mass is 16.3. The molecule has 5 nitrogen and oxygen atoms in total. The molecule has 0 atom stereocenters. The Balaban J connectivity index is 1.25. The Hall–Kier alpha value is -6.72. The first-order valence-corrected chi connectivity index (χ1v) is 16.5. The van der Waals surface area contributed by atoms with Gasteiger partial charge < -0.3 is 8.83 Å². The van der Waals surface area contributed by atoms with Crippen molar-refractivity contribution in [2.45, 2.75) is 0 Å². The average Bonchev–Trinajstić information content (AvgIpc) is 3.81. The van der Waals surface area contributed by atoms with Crippen LogP contribution in [0.1, 0.15) is 0 Å². The van der Waals surface area contributed by atoms with Gasteiger partial charge in [-0.15, -0.1) is 0 Å². The summed E-state index contributed by atoms with van der Waals surface area (Å²) in [5.41, 5.74) is 11.7. The van der Waals surface area contributed by atoms with E-state index in [0.29, 0.717) is 11.7 Å². The van der Waals surface area contributed by atoms with E-state index in [0.717, 1.165) is 77.1 Å². The Morgan fingerprint density at radius 1 is 0.429 bits per heavy atom. The predicted octanol–water partition coefficient (Wildman–Crippen LogP) is 11.8. The fourth-order valence-corrected chi connectivity index (χ4v) is 8.34. The molecule has 5 heteroatoms. The Morgan fingerprint density at radius 3 is 2.04 bits per heavy atom. The van der Waals surface area contributed by atoms with E-state index in [9.17, 15) is 0 Å². The van der Waals surface area contributed by atoms with Gasteiger partial charge in [-0.05, 0) is 69.4 Å². The molecular formula is C44H23N3O2. The predicted molar refractivity (Wildman–Crippen MR) is 198 cm³/mol. The van der Waals surface area contributed by atoms with Crippen LogP contribution in [0, 0.1) is 0 Å². The fourth-order valence-electron chi connectivity index (χ4n) is 8.34. The lowest BCUT2D eigenvalue weighted by molar-refractivity contribution is 0.651. The third-order valence-electron chi connectivity index (χ3n) is 10.4. The minimum atomic E-state index is 0.562. The van der Waals surface area contributed by atoms with E-state index in [1.165, 1.54) is 27.3 Å². The summed E-state index contributed by atoms with van der Waals surface area (Å²) in [6.45, 7) is 0. The standard InChI is InChI=1S/C44H23N3O2/c1-2-9-24(10-3-1)26-12-6-13-27(23-26)42-38-30-14-4-5-17-33(30)49-43(38)46-44(45-42)47-31-20-19-25-11-7-15-28-29-16-8-18-34-37(29)41-35(48-34)22-21-32(47)40(41)39(31)36(25)28/h1-23H. The Bertz CT molecular complexity index is 3220. The van der Waals surface area contributed by atoms with E-state index in [2.05, 4.69) is 120 Å². The van der Waals surface area contributed by atoms with Gasteiger partial charge in [0.15, 0.2) is 0 Å². The van der Waals surface area contributed by atoms with Crippen LogP contribution in [-0.4, -0.2) is 14.5 Å². The zero-order valence-corrected chi connectivity index (χ0v) is 25.9. The number of furan rings is 2. The Morgan fingerprint density at radius 2 is 1.12 bits per heavy atom. The number of benzene rings is 7. The highest BCUT2D eigenvalue weighted by Crippen LogP contribution is 2.50. The van der Waals surface area contributed by atoms with E-state index in [1.807, 2.05) is 24.3 Å². The summed E-state index contributed by atoms with van der Waals surface area (Å²) >= 11 is 0. The fraction of sp³-hybridized carbons (Fsp3) is 0. The van der Waals surface area contributed by atoms with Crippen LogP contribution in [0.3, 0.4) is 0 Å². The molecule has 0 radical (unpaired) electrons. The molecule has 0 spiro atoms. The molecule has 4 aromatic heterocycles. The molecule has 1 aliphatic carbocycles. The molecule has 11 aromatic rings. The van der Waals surface area contributed by atoms with Gasteiger partial charge in [0.1, 0.15) is 16.7 Å². The van der Waals surface area contributed by atoms with Crippen LogP contribution in [0.25, 0.3) is 116 Å². The van der Waals surface area contributed by atoms with Crippen LogP contribution < -0.4 is 0 Å². The Kier molecular flexibility index (Phi) is 4.66. The number of fused-ring (bicyclic) bond motifs is 4. The minimum absolute atomic E-state index is 0.562. The molecule has 0 N–H and O–H groups in total. The molecule has 4 heterocycles. The number of aromatic nitrogens is 3. The third-order valence-corrected chi connectivity index (χ3v) is 10.4. The minimum Gasteiger partial charge on any atom is -0.456 e. The van der Waals surface area contributed by atoms with Gasteiger partial charge in [-0.3, -0.25) is 4.57 Å². The quantitative estimate of drug-likeness (QED) is 0.196. The first kappa shape index (κ1) is 25.4. The molecular weight excluding hydrogens is 603 g/mol. The summed E-state index contributed by atoms with van der Waals surface area (Å²) < 4.78 is 15.2. The smallest absolute Gasteiger partial charge is 0.238 e. The van der Waals surface area contributed by atoms with Gasteiger partial charge in [-0.1, -0.05) is 103 Å². The lowest BCUT2D eigenvalue weighted by Gasteiger charge is -2.12. The molecule has 49 heavy (non-hydrogen) atoms. The maximum atomic E-state index is 6.51. The van der Waals surface area contributed by atoms with Crippen molar-refractivity contribution in [1.29, 1.82) is 0 Å². The van der Waals surface area contributed by atoms with Gasteiger partial charge in [0.25, 0.3) is 0 Å². The first-order valence-electron chi connectivity index (χ1n) is 16.5. The molecule has 0 saturated carbocycles. The molecule has 1 aliphatic rings. The molecule has 0 fully saturated rings. The molecule has 0 bridgehead atoms. The highest BCUT2D eigenvalue weighted by Gasteiger charge is 2.28. The van der Waals surface area contributed by atoms with E-state index in [4.69, 9.17) is 18.8 Å². The van der Waals surface area contributed by atoms with Crippen molar-refractivity contribution in [2.24, 2.45) is 0 Å². The monoisotopic (exact) mass is 625 g/mol. The molecule has 0 unspecified atom stereocenters. The third kappa shape index (κ3) is 3.24. The van der Waals surface area contributed by atoms with Gasteiger partial charge >= 0.3 is 0 Å². The van der Waals surface area contributed by atoms with Crippen molar-refractivity contribution in [3.63, 3.8) is 0 Å². The van der Waals surface area contributed by atoms with E-state index in [-0.39, 0.29) is 0 Å². The zero-order chi connectivity index (χ0) is 31.8. The van der Waals surface area contributed by atoms with E-state index >= 15 is 0 Å². The van der Waals surface area contributed by atoms with Crippen LogP contribution in [0.5, 0.6) is 0 Å². The lowest BCUT2D eigenvalue weighted by Crippen LogP contribution is -2.03. The maximum absolute atomic E-state index is 6.51. The normalized spacial score (nSPS) is 12.5. The molecule has 0 aliphatic heterocycles. The molecule has 0 saturated heterocycles. The van der Waals surface area contributed by atoms with Crippen LogP contribution in [0.2, 0.25) is 0 Å². The van der Waals surface area contributed by atoms with Crippen molar-refractivity contribution in [3.05, 3.63) is 140 Å². The summed E-state index contributed by atoms with van der Waals surface area (Å²) in [4.78, 5) is 10.7. The van der Waals surface area contributed by atoms with E-state index < -0.39 is 0 Å². The second-order valence-electron chi connectivity index (χ2n) is 12.9. The van der Waals surface area contributed by atoms with Crippen molar-refractivity contribution in [2.75, 3.05) is 0 Å². The van der Waals surface area contributed by atoms with Gasteiger partial charge in [0, 0.05) is 32.5 Å². The van der Waals surface area contributed by atoms with Crippen LogP contribution >= 0.6 is 0 Å². The topological polar surface area (TPSA) is 57.0 Å². The number of rotatable bonds is 3. The zero-order valence-electron chi connectivity index (χ0n) is 25.9. The summed E-state index contributed by atoms with van der Waals surface area (Å²) in [5.74, 6) is 0.566. The van der Waals surface area contributed by atoms with Crippen LogP contribution in [-0.2, 0) is 0 Å². The van der Waals surface area contributed by atoms with Crippen LogP contribution in [0.4, 0.5) is 0 Å². The Labute approximate surface area is 278 Å². The summed E-state index contributed by atoms with van der Waals surface area (Å²) in [5, 5.41) is 8.98. The highest BCUT2D eigenvalue weighted by molar-refractivity contribution is 6.38. The summed E-state index contributed by atoms with van der Waals surface area (Å²) in [6, 6.07) is 48.8. The summed E-state index contributed by atoms with van der Waals surface area (Å²) in [7, 11) is 0. The van der Waals surface area contributed by atoms with Crippen molar-refractivity contribution < 1.29 is 8.83 Å². The number of nitrogens with zero attached hydrogens (tertiary/aromatic N) is 3. The SMILES string of the molecule is c1ccc(-c2cccc(-c3nc(-n4c5ccc6cccc7c6c5c5c6c(ccc54)oc4cccc-7c46)nc4oc5ccccc5c34)c2)cc1. The van der Waals surface area contributed by atoms with Gasteiger partial charge in [0.2, 0.25) is 11.7 Å². The molecule has 226 valence electrons. The number of para-hydroxylation sites is 1. The van der Waals surface area contributed by atoms with Crippen molar-refractivity contribution >= 4 is 76.6 Å².